The van der Waals surface area contributed by atoms with E-state index in [1.54, 1.807) is 0 Å². The van der Waals surface area contributed by atoms with Crippen molar-refractivity contribution in [2.45, 2.75) is 131 Å². The molecule has 0 spiro atoms. The van der Waals surface area contributed by atoms with Crippen LogP contribution in [0, 0.1) is 81.9 Å². The predicted octanol–water partition coefficient (Wildman–Crippen LogP) is 8.56. The van der Waals surface area contributed by atoms with Crippen molar-refractivity contribution in [2.75, 3.05) is 0 Å². The van der Waals surface area contributed by atoms with E-state index in [2.05, 4.69) is 91.8 Å². The number of unbranched alkanes of at least 4 members (excludes halogenated alkanes) is 7. The molecule has 0 heteroatoms. The van der Waals surface area contributed by atoms with E-state index in [-0.39, 0.29) is 10.8 Å². The standard InChI is InChI=1S/C34H46/c1-7-12-17-24-31-34(29-21-15-10-4,30-22-16-11-5)32-25-18-23-28-33(6,26-19-13-8-2)27-20-14-9-3/h7,10,12,15,17-18,21,23-25,28-29,31-32H2,1-6H3. The van der Waals surface area contributed by atoms with Gasteiger partial charge in [0.25, 0.3) is 0 Å². The average molecular weight is 455 g/mol. The molecule has 0 fully saturated rings. The summed E-state index contributed by atoms with van der Waals surface area (Å²) in [6, 6.07) is 0. The third-order valence-corrected chi connectivity index (χ3v) is 6.17. The van der Waals surface area contributed by atoms with E-state index in [1.165, 1.54) is 70.6 Å². The third-order valence-electron chi connectivity index (χ3n) is 6.17. The first-order valence-corrected chi connectivity index (χ1v) is 13.3. The molecular formula is C34H46. The lowest BCUT2D eigenvalue weighted by molar-refractivity contribution is 0.278. The van der Waals surface area contributed by atoms with E-state index in [1.807, 2.05) is 20.8 Å². The van der Waals surface area contributed by atoms with Gasteiger partial charge < -0.3 is 0 Å². The van der Waals surface area contributed by atoms with Crippen LogP contribution < -0.4 is 0 Å². The number of hydrogen-bond acceptors (Lipinski definition) is 0. The van der Waals surface area contributed by atoms with Gasteiger partial charge in [-0.15, -0.1) is 0 Å². The summed E-state index contributed by atoms with van der Waals surface area (Å²) in [5.41, 5.74) is -0.244. The lowest BCUT2D eigenvalue weighted by Crippen LogP contribution is -2.19. The second-order valence-electron chi connectivity index (χ2n) is 9.32. The summed E-state index contributed by atoms with van der Waals surface area (Å²) in [4.78, 5) is 0. The van der Waals surface area contributed by atoms with Gasteiger partial charge in [0, 0.05) is 5.41 Å². The van der Waals surface area contributed by atoms with E-state index in [9.17, 15) is 0 Å². The van der Waals surface area contributed by atoms with Crippen LogP contribution in [0.1, 0.15) is 131 Å². The first-order valence-electron chi connectivity index (χ1n) is 13.3. The van der Waals surface area contributed by atoms with Crippen LogP contribution in [0.15, 0.2) is 0 Å². The fourth-order valence-corrected chi connectivity index (χ4v) is 4.13. The van der Waals surface area contributed by atoms with Gasteiger partial charge >= 0.3 is 0 Å². The smallest absolute Gasteiger partial charge is 0.0911 e. The van der Waals surface area contributed by atoms with Crippen molar-refractivity contribution in [3.8, 4) is 71.0 Å². The van der Waals surface area contributed by atoms with Crippen molar-refractivity contribution in [1.29, 1.82) is 0 Å². The second kappa shape index (κ2) is 20.9. The molecule has 1 unspecified atom stereocenters. The van der Waals surface area contributed by atoms with Crippen LogP contribution in [0.2, 0.25) is 0 Å². The van der Waals surface area contributed by atoms with Crippen LogP contribution in [0.25, 0.3) is 0 Å². The Labute approximate surface area is 213 Å². The normalized spacial score (nSPS) is 11.1. The minimum atomic E-state index is -0.359. The van der Waals surface area contributed by atoms with Crippen LogP contribution in [0.5, 0.6) is 0 Å². The molecule has 0 saturated heterocycles. The molecule has 0 aliphatic rings. The highest BCUT2D eigenvalue weighted by Gasteiger charge is 2.27. The van der Waals surface area contributed by atoms with Crippen molar-refractivity contribution < 1.29 is 0 Å². The van der Waals surface area contributed by atoms with Crippen molar-refractivity contribution in [3.63, 3.8) is 0 Å². The van der Waals surface area contributed by atoms with Gasteiger partial charge in [0.1, 0.15) is 0 Å². The minimum absolute atomic E-state index is 0.114. The Morgan fingerprint density at radius 2 is 0.824 bits per heavy atom. The van der Waals surface area contributed by atoms with Gasteiger partial charge in [-0.25, -0.2) is 0 Å². The quantitative estimate of drug-likeness (QED) is 0.172. The van der Waals surface area contributed by atoms with Gasteiger partial charge in [0.15, 0.2) is 0 Å². The van der Waals surface area contributed by atoms with Gasteiger partial charge in [-0.05, 0) is 88.9 Å². The third kappa shape index (κ3) is 16.0. The first kappa shape index (κ1) is 31.4. The largest absolute Gasteiger partial charge is 0.0925 e. The average Bonchev–Trinajstić information content (AvgIpc) is 2.82. The summed E-state index contributed by atoms with van der Waals surface area (Å²) in [6.07, 6.45) is 16.9. The summed E-state index contributed by atoms with van der Waals surface area (Å²) in [6.45, 7) is 12.2. The SMILES string of the molecule is CC#CC#CC(C)(C#CC#CC)CCCCCC(C#CC#CC)(CCCCC)CCCCCC. The molecule has 1 atom stereocenters. The van der Waals surface area contributed by atoms with Gasteiger partial charge in [-0.2, -0.15) is 0 Å². The molecule has 0 aliphatic carbocycles. The van der Waals surface area contributed by atoms with E-state index in [0.717, 1.165) is 19.3 Å². The van der Waals surface area contributed by atoms with Gasteiger partial charge in [-0.1, -0.05) is 114 Å². The highest BCUT2D eigenvalue weighted by Crippen LogP contribution is 2.37. The summed E-state index contributed by atoms with van der Waals surface area (Å²) in [5.74, 6) is 36.7. The number of rotatable bonds is 15. The predicted molar refractivity (Wildman–Crippen MR) is 150 cm³/mol. The van der Waals surface area contributed by atoms with Crippen LogP contribution in [-0.2, 0) is 0 Å². The van der Waals surface area contributed by atoms with Crippen molar-refractivity contribution in [2.24, 2.45) is 10.8 Å². The van der Waals surface area contributed by atoms with Crippen LogP contribution in [0.3, 0.4) is 0 Å². The van der Waals surface area contributed by atoms with Gasteiger partial charge in [0.05, 0.1) is 5.41 Å². The highest BCUT2D eigenvalue weighted by atomic mass is 14.3. The molecule has 0 saturated carbocycles. The van der Waals surface area contributed by atoms with E-state index in [4.69, 9.17) is 0 Å². The highest BCUT2D eigenvalue weighted by molar-refractivity contribution is 5.37. The van der Waals surface area contributed by atoms with Gasteiger partial charge in [0.2, 0.25) is 0 Å². The Hall–Kier alpha value is -2.64. The molecule has 0 nitrogen and oxygen atoms in total. The zero-order valence-corrected chi connectivity index (χ0v) is 22.9. The molecule has 0 N–H and O–H groups in total. The fourth-order valence-electron chi connectivity index (χ4n) is 4.13. The lowest BCUT2D eigenvalue weighted by Gasteiger charge is -2.29. The zero-order valence-electron chi connectivity index (χ0n) is 22.9. The Balaban J connectivity index is 5.26. The topological polar surface area (TPSA) is 0 Å². The molecule has 0 amide bonds. The molecule has 0 aliphatic heterocycles. The van der Waals surface area contributed by atoms with E-state index >= 15 is 0 Å². The molecule has 0 rings (SSSR count). The Bertz CT molecular complexity index is 886. The van der Waals surface area contributed by atoms with Crippen LogP contribution in [0.4, 0.5) is 0 Å². The second-order valence-corrected chi connectivity index (χ2v) is 9.32. The Kier molecular flexibility index (Phi) is 19.3. The molecule has 0 heterocycles. The summed E-state index contributed by atoms with van der Waals surface area (Å²) in [7, 11) is 0. The maximum atomic E-state index is 3.65. The van der Waals surface area contributed by atoms with Crippen LogP contribution >= 0.6 is 0 Å². The molecule has 0 radical (unpaired) electrons. The molecule has 182 valence electrons. The summed E-state index contributed by atoms with van der Waals surface area (Å²) < 4.78 is 0. The Morgan fingerprint density at radius 3 is 1.29 bits per heavy atom. The molecule has 0 bridgehead atoms. The molecular weight excluding hydrogens is 408 g/mol. The minimum Gasteiger partial charge on any atom is -0.0925 e. The van der Waals surface area contributed by atoms with Crippen LogP contribution in [-0.4, -0.2) is 0 Å². The monoisotopic (exact) mass is 454 g/mol. The molecule has 0 aromatic rings. The molecule has 0 aromatic heterocycles. The summed E-state index contributed by atoms with van der Waals surface area (Å²) in [5, 5.41) is 0. The van der Waals surface area contributed by atoms with Crippen molar-refractivity contribution >= 4 is 0 Å². The van der Waals surface area contributed by atoms with E-state index in [0.29, 0.717) is 0 Å². The van der Waals surface area contributed by atoms with Crippen molar-refractivity contribution in [1.82, 2.24) is 0 Å². The maximum absolute atomic E-state index is 3.65. The van der Waals surface area contributed by atoms with Crippen molar-refractivity contribution in [3.05, 3.63) is 0 Å². The summed E-state index contributed by atoms with van der Waals surface area (Å²) >= 11 is 0. The van der Waals surface area contributed by atoms with Gasteiger partial charge in [-0.3, -0.25) is 0 Å². The zero-order chi connectivity index (χ0) is 25.4. The van der Waals surface area contributed by atoms with E-state index < -0.39 is 0 Å². The Morgan fingerprint density at radius 1 is 0.441 bits per heavy atom. The molecule has 34 heavy (non-hydrogen) atoms. The fraction of sp³-hybridized carbons (Fsp3) is 0.647. The molecule has 0 aromatic carbocycles. The lowest BCUT2D eigenvalue weighted by atomic mass is 9.74. The number of hydrogen-bond donors (Lipinski definition) is 0. The first-order chi connectivity index (χ1) is 16.5. The maximum Gasteiger partial charge on any atom is 0.0911 e.